The summed E-state index contributed by atoms with van der Waals surface area (Å²) in [7, 11) is 1.58. The van der Waals surface area contributed by atoms with Crippen LogP contribution >= 0.6 is 11.6 Å². The van der Waals surface area contributed by atoms with Crippen LogP contribution in [0, 0.1) is 13.8 Å². The third-order valence-corrected chi connectivity index (χ3v) is 4.72. The highest BCUT2D eigenvalue weighted by molar-refractivity contribution is 6.31. The van der Waals surface area contributed by atoms with Gasteiger partial charge < -0.3 is 10.2 Å². The highest BCUT2D eigenvalue weighted by Crippen LogP contribution is 2.21. The average molecular weight is 403 g/mol. The smallest absolute Gasteiger partial charge is 0.246 e. The Morgan fingerprint density at radius 1 is 1.25 bits per heavy atom. The van der Waals surface area contributed by atoms with Crippen molar-refractivity contribution in [1.82, 2.24) is 14.7 Å². The van der Waals surface area contributed by atoms with Crippen molar-refractivity contribution >= 4 is 35.2 Å². The molecule has 1 aromatic carbocycles. The van der Waals surface area contributed by atoms with Gasteiger partial charge in [-0.15, -0.1) is 0 Å². The van der Waals surface area contributed by atoms with E-state index in [1.165, 1.54) is 11.0 Å². The van der Waals surface area contributed by atoms with Crippen molar-refractivity contribution in [3.05, 3.63) is 52.3 Å². The molecule has 7 heteroatoms. The maximum absolute atomic E-state index is 12.3. The summed E-state index contributed by atoms with van der Waals surface area (Å²) in [5.74, 6) is -0.537. The van der Waals surface area contributed by atoms with Crippen LogP contribution in [0.3, 0.4) is 0 Å². The first-order valence-corrected chi connectivity index (χ1v) is 9.72. The number of halogens is 1. The van der Waals surface area contributed by atoms with Crippen molar-refractivity contribution in [1.29, 1.82) is 0 Å². The van der Waals surface area contributed by atoms with Crippen LogP contribution in [0.15, 0.2) is 30.3 Å². The number of carbonyl (C=O) groups excluding carboxylic acids is 2. The second-order valence-corrected chi connectivity index (χ2v) is 7.17. The molecule has 0 saturated carbocycles. The van der Waals surface area contributed by atoms with Crippen LogP contribution in [0.5, 0.6) is 0 Å². The lowest BCUT2D eigenvalue weighted by molar-refractivity contribution is -0.129. The van der Waals surface area contributed by atoms with Gasteiger partial charge in [-0.2, -0.15) is 5.10 Å². The van der Waals surface area contributed by atoms with Crippen LogP contribution in [0.1, 0.15) is 36.6 Å². The molecule has 1 aromatic heterocycles. The number of benzene rings is 1. The highest BCUT2D eigenvalue weighted by Gasteiger charge is 2.13. The fraction of sp³-hybridized carbons (Fsp3) is 0.381. The molecule has 0 radical (unpaired) electrons. The normalized spacial score (nSPS) is 11.0. The van der Waals surface area contributed by atoms with E-state index in [1.807, 2.05) is 38.1 Å². The first-order chi connectivity index (χ1) is 13.3. The Morgan fingerprint density at radius 2 is 1.93 bits per heavy atom. The van der Waals surface area contributed by atoms with Gasteiger partial charge in [0.25, 0.3) is 0 Å². The van der Waals surface area contributed by atoms with Crippen molar-refractivity contribution < 1.29 is 9.59 Å². The molecule has 0 aliphatic carbocycles. The third-order valence-electron chi connectivity index (χ3n) is 4.32. The Hall–Kier alpha value is -2.60. The minimum absolute atomic E-state index is 0.0421. The lowest BCUT2D eigenvalue weighted by atomic mass is 10.2. The molecule has 2 rings (SSSR count). The number of nitrogens with one attached hydrogen (secondary N) is 1. The van der Waals surface area contributed by atoms with Gasteiger partial charge in [0.1, 0.15) is 5.15 Å². The fourth-order valence-electron chi connectivity index (χ4n) is 2.63. The Labute approximate surface area is 171 Å². The van der Waals surface area contributed by atoms with Crippen molar-refractivity contribution in [3.8, 4) is 0 Å². The summed E-state index contributed by atoms with van der Waals surface area (Å²) in [6.07, 6.45) is 5.11. The fourth-order valence-corrected chi connectivity index (χ4v) is 2.95. The summed E-state index contributed by atoms with van der Waals surface area (Å²) < 4.78 is 1.75. The molecule has 0 saturated heterocycles. The summed E-state index contributed by atoms with van der Waals surface area (Å²) in [5, 5.41) is 7.72. The minimum atomic E-state index is -0.282. The minimum Gasteiger partial charge on any atom is -0.333 e. The van der Waals surface area contributed by atoms with Gasteiger partial charge in [-0.25, -0.2) is 0 Å². The van der Waals surface area contributed by atoms with Gasteiger partial charge in [0.05, 0.1) is 12.2 Å². The number of aryl methyl sites for hydroxylation is 3. The maximum Gasteiger partial charge on any atom is 0.246 e. The number of hydrogen-bond acceptors (Lipinski definition) is 3. The SMILES string of the molecule is CCCCn1nc(C)c(/C=C/C(=O)N(C)CC(=O)Nc2ccc(C)cc2)c1Cl. The first kappa shape index (κ1) is 21.7. The first-order valence-electron chi connectivity index (χ1n) is 9.34. The Morgan fingerprint density at radius 3 is 2.57 bits per heavy atom. The summed E-state index contributed by atoms with van der Waals surface area (Å²) in [6, 6.07) is 7.49. The molecule has 0 aliphatic rings. The topological polar surface area (TPSA) is 67.2 Å². The molecule has 28 heavy (non-hydrogen) atoms. The molecule has 0 spiro atoms. The van der Waals surface area contributed by atoms with E-state index in [0.29, 0.717) is 10.8 Å². The van der Waals surface area contributed by atoms with E-state index in [-0.39, 0.29) is 18.4 Å². The predicted octanol–water partition coefficient (Wildman–Crippen LogP) is 4.06. The van der Waals surface area contributed by atoms with E-state index in [4.69, 9.17) is 11.6 Å². The molecule has 0 fully saturated rings. The van der Waals surface area contributed by atoms with Crippen LogP contribution in [-0.2, 0) is 16.1 Å². The molecule has 0 aliphatic heterocycles. The highest BCUT2D eigenvalue weighted by atomic mass is 35.5. The molecule has 0 unspecified atom stereocenters. The second kappa shape index (κ2) is 10.1. The Balaban J connectivity index is 1.95. The van der Waals surface area contributed by atoms with Gasteiger partial charge in [0.15, 0.2) is 0 Å². The summed E-state index contributed by atoms with van der Waals surface area (Å²) >= 11 is 6.37. The molecule has 1 heterocycles. The Kier molecular flexibility index (Phi) is 7.81. The van der Waals surface area contributed by atoms with E-state index < -0.39 is 0 Å². The van der Waals surface area contributed by atoms with Crippen LogP contribution in [0.4, 0.5) is 5.69 Å². The van der Waals surface area contributed by atoms with Crippen LogP contribution in [-0.4, -0.2) is 40.1 Å². The van der Waals surface area contributed by atoms with E-state index in [2.05, 4.69) is 17.3 Å². The quantitative estimate of drug-likeness (QED) is 0.677. The molecule has 1 N–H and O–H groups in total. The number of unbranched alkanes of at least 4 members (excludes halogenated alkanes) is 1. The average Bonchev–Trinajstić information content (AvgIpc) is 2.92. The zero-order valence-electron chi connectivity index (χ0n) is 16.8. The number of anilines is 1. The summed E-state index contributed by atoms with van der Waals surface area (Å²) in [4.78, 5) is 25.8. The number of nitrogens with zero attached hydrogens (tertiary/aromatic N) is 3. The van der Waals surface area contributed by atoms with E-state index in [9.17, 15) is 9.59 Å². The van der Waals surface area contributed by atoms with Crippen molar-refractivity contribution in [3.63, 3.8) is 0 Å². The summed E-state index contributed by atoms with van der Waals surface area (Å²) in [5.41, 5.74) is 3.31. The molecular formula is C21H27ClN4O2. The molecule has 0 atom stereocenters. The molecular weight excluding hydrogens is 376 g/mol. The number of carbonyl (C=O) groups is 2. The zero-order valence-corrected chi connectivity index (χ0v) is 17.6. The molecule has 0 bridgehead atoms. The van der Waals surface area contributed by atoms with Crippen LogP contribution < -0.4 is 5.32 Å². The van der Waals surface area contributed by atoms with Gasteiger partial charge in [0, 0.05) is 30.9 Å². The number of rotatable bonds is 8. The van der Waals surface area contributed by atoms with Gasteiger partial charge in [-0.3, -0.25) is 14.3 Å². The van der Waals surface area contributed by atoms with E-state index in [0.717, 1.165) is 36.2 Å². The molecule has 2 amide bonds. The van der Waals surface area contributed by atoms with Gasteiger partial charge >= 0.3 is 0 Å². The van der Waals surface area contributed by atoms with E-state index in [1.54, 1.807) is 17.8 Å². The summed E-state index contributed by atoms with van der Waals surface area (Å²) in [6.45, 7) is 6.65. The van der Waals surface area contributed by atoms with Crippen molar-refractivity contribution in [2.45, 2.75) is 40.2 Å². The lowest BCUT2D eigenvalue weighted by Gasteiger charge is -2.15. The molecule has 2 aromatic rings. The lowest BCUT2D eigenvalue weighted by Crippen LogP contribution is -2.33. The maximum atomic E-state index is 12.3. The zero-order chi connectivity index (χ0) is 20.7. The number of hydrogen-bond donors (Lipinski definition) is 1. The largest absolute Gasteiger partial charge is 0.333 e. The third kappa shape index (κ3) is 5.96. The van der Waals surface area contributed by atoms with Crippen molar-refractivity contribution in [2.24, 2.45) is 0 Å². The van der Waals surface area contributed by atoms with Crippen molar-refractivity contribution in [2.75, 3.05) is 18.9 Å². The Bertz CT molecular complexity index is 856. The number of aromatic nitrogens is 2. The van der Waals surface area contributed by atoms with Gasteiger partial charge in [-0.05, 0) is 38.5 Å². The van der Waals surface area contributed by atoms with Gasteiger partial charge in [0.2, 0.25) is 11.8 Å². The number of likely N-dealkylation sites (N-methyl/N-ethyl adjacent to an activating group) is 1. The molecule has 150 valence electrons. The second-order valence-electron chi connectivity index (χ2n) is 6.81. The molecule has 6 nitrogen and oxygen atoms in total. The van der Waals surface area contributed by atoms with Crippen LogP contribution in [0.2, 0.25) is 5.15 Å². The number of amides is 2. The standard InChI is InChI=1S/C21H27ClN4O2/c1-5-6-13-26-21(22)18(16(3)24-26)11-12-20(28)25(4)14-19(27)23-17-9-7-15(2)8-10-17/h7-12H,5-6,13-14H2,1-4H3,(H,23,27)/b12-11+. The predicted molar refractivity (Wildman–Crippen MR) is 113 cm³/mol. The van der Waals surface area contributed by atoms with E-state index >= 15 is 0 Å². The van der Waals surface area contributed by atoms with Gasteiger partial charge in [-0.1, -0.05) is 42.6 Å². The monoisotopic (exact) mass is 402 g/mol. The van der Waals surface area contributed by atoms with Crippen LogP contribution in [0.25, 0.3) is 6.08 Å².